The van der Waals surface area contributed by atoms with E-state index < -0.39 is 0 Å². The molecule has 0 aromatic rings. The first-order chi connectivity index (χ1) is 14.6. The molecule has 0 saturated heterocycles. The van der Waals surface area contributed by atoms with Crippen LogP contribution in [0.25, 0.3) is 0 Å². The monoisotopic (exact) mass is 430 g/mol. The molecule has 10 atom stereocenters. The highest BCUT2D eigenvalue weighted by atomic mass is 16.3. The first kappa shape index (κ1) is 23.8. The molecule has 3 saturated carbocycles. The Balaban J connectivity index is 1.57. The molecule has 178 valence electrons. The third-order valence-corrected chi connectivity index (χ3v) is 11.0. The standard InChI is InChI=1S/C29H50O2/c1-7-20-22-12-11-21-23(28(22,5)16-14-25(20)30)13-15-29(6)24(17-26(31)27(21)29)19(4)10-8-9-18(2)3/h11,18-20,22-27,30-31H,7-10,12-17H2,1-6H3/t19-,20?,22+,23+,24-,25+,26+,27-,28+,29-/m1/s1. The normalized spacial score (nSPS) is 48.0. The van der Waals surface area contributed by atoms with Crippen LogP contribution in [-0.2, 0) is 0 Å². The first-order valence-corrected chi connectivity index (χ1v) is 13.7. The summed E-state index contributed by atoms with van der Waals surface area (Å²) in [6.07, 6.45) is 14.2. The smallest absolute Gasteiger partial charge is 0.0613 e. The van der Waals surface area contributed by atoms with Crippen molar-refractivity contribution in [2.45, 2.75) is 118 Å². The van der Waals surface area contributed by atoms with Crippen LogP contribution in [0.1, 0.15) is 106 Å². The minimum atomic E-state index is -0.159. The predicted octanol–water partition coefficient (Wildman–Crippen LogP) is 7.00. The molecular weight excluding hydrogens is 380 g/mol. The van der Waals surface area contributed by atoms with Crippen LogP contribution in [0, 0.1) is 52.3 Å². The topological polar surface area (TPSA) is 40.5 Å². The lowest BCUT2D eigenvalue weighted by atomic mass is 9.45. The van der Waals surface area contributed by atoms with Crippen molar-refractivity contribution in [3.05, 3.63) is 11.6 Å². The summed E-state index contributed by atoms with van der Waals surface area (Å²) in [4.78, 5) is 0. The molecule has 4 aliphatic rings. The highest BCUT2D eigenvalue weighted by Gasteiger charge is 2.61. The molecule has 2 N–H and O–H groups in total. The zero-order valence-corrected chi connectivity index (χ0v) is 21.2. The van der Waals surface area contributed by atoms with E-state index in [0.717, 1.165) is 38.0 Å². The molecule has 0 aromatic carbocycles. The summed E-state index contributed by atoms with van der Waals surface area (Å²) in [5.74, 6) is 4.22. The molecule has 1 unspecified atom stereocenters. The molecule has 31 heavy (non-hydrogen) atoms. The molecule has 4 aliphatic carbocycles. The van der Waals surface area contributed by atoms with Gasteiger partial charge in [-0.15, -0.1) is 0 Å². The van der Waals surface area contributed by atoms with Crippen molar-refractivity contribution in [3.63, 3.8) is 0 Å². The van der Waals surface area contributed by atoms with Crippen LogP contribution in [0.3, 0.4) is 0 Å². The molecule has 2 nitrogen and oxygen atoms in total. The van der Waals surface area contributed by atoms with E-state index >= 15 is 0 Å². The molecular formula is C29H50O2. The average Bonchev–Trinajstić information content (AvgIpc) is 2.99. The SMILES string of the molecule is CCC1[C@@H](O)CC[C@]2(C)[C@H]3CC[C@]4(C)[C@@H]([C@H](C)CCCC(C)C)C[C@H](O)[C@H]4C3=CC[C@@H]12. The Morgan fingerprint density at radius 3 is 2.39 bits per heavy atom. The van der Waals surface area contributed by atoms with Gasteiger partial charge < -0.3 is 10.2 Å². The number of allylic oxidation sites excluding steroid dienone is 1. The van der Waals surface area contributed by atoms with Gasteiger partial charge in [-0.3, -0.25) is 0 Å². The van der Waals surface area contributed by atoms with Crippen molar-refractivity contribution < 1.29 is 10.2 Å². The summed E-state index contributed by atoms with van der Waals surface area (Å²) in [6.45, 7) is 14.5. The summed E-state index contributed by atoms with van der Waals surface area (Å²) in [7, 11) is 0. The van der Waals surface area contributed by atoms with Crippen LogP contribution in [-0.4, -0.2) is 22.4 Å². The summed E-state index contributed by atoms with van der Waals surface area (Å²) >= 11 is 0. The van der Waals surface area contributed by atoms with E-state index in [4.69, 9.17) is 0 Å². The second kappa shape index (κ2) is 8.79. The van der Waals surface area contributed by atoms with Gasteiger partial charge in [0.1, 0.15) is 0 Å². The lowest BCUT2D eigenvalue weighted by Gasteiger charge is -2.59. The van der Waals surface area contributed by atoms with Gasteiger partial charge in [0, 0.05) is 5.92 Å². The minimum Gasteiger partial charge on any atom is -0.393 e. The van der Waals surface area contributed by atoms with Gasteiger partial charge >= 0.3 is 0 Å². The zero-order chi connectivity index (χ0) is 22.6. The predicted molar refractivity (Wildman–Crippen MR) is 130 cm³/mol. The second-order valence-corrected chi connectivity index (χ2v) is 13.0. The van der Waals surface area contributed by atoms with Gasteiger partial charge in [-0.2, -0.15) is 0 Å². The third-order valence-electron chi connectivity index (χ3n) is 11.0. The highest BCUT2D eigenvalue weighted by molar-refractivity contribution is 5.29. The molecule has 2 heteroatoms. The molecule has 0 heterocycles. The van der Waals surface area contributed by atoms with Gasteiger partial charge in [-0.05, 0) is 84.9 Å². The number of aliphatic hydroxyl groups is 2. The van der Waals surface area contributed by atoms with E-state index in [1.807, 2.05) is 0 Å². The van der Waals surface area contributed by atoms with Crippen LogP contribution in [0.15, 0.2) is 11.6 Å². The molecule has 0 radical (unpaired) electrons. The Kier molecular flexibility index (Phi) is 6.75. The lowest BCUT2D eigenvalue weighted by Crippen LogP contribution is -2.53. The molecule has 3 fully saturated rings. The van der Waals surface area contributed by atoms with Crippen LogP contribution in [0.4, 0.5) is 0 Å². The number of hydrogen-bond acceptors (Lipinski definition) is 2. The summed E-state index contributed by atoms with van der Waals surface area (Å²) in [5, 5.41) is 22.1. The van der Waals surface area contributed by atoms with Crippen molar-refractivity contribution >= 4 is 0 Å². The fourth-order valence-corrected chi connectivity index (χ4v) is 9.34. The van der Waals surface area contributed by atoms with E-state index in [0.29, 0.717) is 40.9 Å². The van der Waals surface area contributed by atoms with Crippen LogP contribution in [0.2, 0.25) is 0 Å². The highest BCUT2D eigenvalue weighted by Crippen LogP contribution is 2.67. The molecule has 0 aromatic heterocycles. The number of hydrogen-bond donors (Lipinski definition) is 2. The largest absolute Gasteiger partial charge is 0.393 e. The number of fused-ring (bicyclic) bond motifs is 5. The van der Waals surface area contributed by atoms with Crippen LogP contribution < -0.4 is 0 Å². The molecule has 0 bridgehead atoms. The maximum Gasteiger partial charge on any atom is 0.0613 e. The number of aliphatic hydroxyl groups excluding tert-OH is 2. The molecule has 0 aliphatic heterocycles. The lowest BCUT2D eigenvalue weighted by molar-refractivity contribution is -0.0879. The summed E-state index contributed by atoms with van der Waals surface area (Å²) < 4.78 is 0. The second-order valence-electron chi connectivity index (χ2n) is 13.0. The number of rotatable bonds is 6. The van der Waals surface area contributed by atoms with Crippen molar-refractivity contribution in [1.29, 1.82) is 0 Å². The van der Waals surface area contributed by atoms with Crippen LogP contribution in [0.5, 0.6) is 0 Å². The fourth-order valence-electron chi connectivity index (χ4n) is 9.34. The fraction of sp³-hybridized carbons (Fsp3) is 0.931. The Bertz CT molecular complexity index is 668. The Hall–Kier alpha value is -0.340. The van der Waals surface area contributed by atoms with E-state index in [9.17, 15) is 10.2 Å². The van der Waals surface area contributed by atoms with Gasteiger partial charge in [0.25, 0.3) is 0 Å². The van der Waals surface area contributed by atoms with Gasteiger partial charge in [0.15, 0.2) is 0 Å². The Morgan fingerprint density at radius 2 is 1.71 bits per heavy atom. The first-order valence-electron chi connectivity index (χ1n) is 13.7. The maximum atomic E-state index is 11.4. The zero-order valence-electron chi connectivity index (χ0n) is 21.2. The van der Waals surface area contributed by atoms with Gasteiger partial charge in [0.2, 0.25) is 0 Å². The van der Waals surface area contributed by atoms with E-state index in [-0.39, 0.29) is 17.6 Å². The van der Waals surface area contributed by atoms with Crippen molar-refractivity contribution in [2.24, 2.45) is 52.3 Å². The third kappa shape index (κ3) is 3.86. The van der Waals surface area contributed by atoms with E-state index in [1.54, 1.807) is 5.57 Å². The minimum absolute atomic E-state index is 0.111. The van der Waals surface area contributed by atoms with Crippen molar-refractivity contribution in [3.8, 4) is 0 Å². The van der Waals surface area contributed by atoms with Crippen LogP contribution >= 0.6 is 0 Å². The van der Waals surface area contributed by atoms with E-state index in [2.05, 4.69) is 47.6 Å². The Morgan fingerprint density at radius 1 is 1.00 bits per heavy atom. The van der Waals surface area contributed by atoms with Gasteiger partial charge in [-0.25, -0.2) is 0 Å². The summed E-state index contributed by atoms with van der Waals surface area (Å²) in [5.41, 5.74) is 2.20. The van der Waals surface area contributed by atoms with Gasteiger partial charge in [-0.1, -0.05) is 78.9 Å². The van der Waals surface area contributed by atoms with Crippen molar-refractivity contribution in [2.75, 3.05) is 0 Å². The average molecular weight is 431 g/mol. The maximum absolute atomic E-state index is 11.4. The quantitative estimate of drug-likeness (QED) is 0.446. The molecule has 4 rings (SSSR count). The molecule has 0 spiro atoms. The van der Waals surface area contributed by atoms with Gasteiger partial charge in [0.05, 0.1) is 12.2 Å². The Labute approximate surface area is 192 Å². The summed E-state index contributed by atoms with van der Waals surface area (Å²) in [6, 6.07) is 0. The van der Waals surface area contributed by atoms with Crippen molar-refractivity contribution in [1.82, 2.24) is 0 Å². The van der Waals surface area contributed by atoms with E-state index in [1.165, 1.54) is 32.1 Å². The molecule has 0 amide bonds.